The first-order valence-corrected chi connectivity index (χ1v) is 11.7. The van der Waals surface area contributed by atoms with Crippen molar-refractivity contribution >= 4 is 17.7 Å². The van der Waals surface area contributed by atoms with Crippen molar-refractivity contribution in [3.63, 3.8) is 0 Å². The molecule has 2 aromatic carbocycles. The smallest absolute Gasteiger partial charge is 0.243 e. The molecule has 9 N–H and O–H groups in total. The Bertz CT molecular complexity index is 1090. The quantitative estimate of drug-likeness (QED) is 0.293. The fraction of sp³-hybridized carbons (Fsp3) is 0.400. The molecule has 0 saturated carbocycles. The van der Waals surface area contributed by atoms with Crippen molar-refractivity contribution in [1.29, 1.82) is 0 Å². The molecule has 10 heteroatoms. The third kappa shape index (κ3) is 6.49. The predicted octanol–water partition coefficient (Wildman–Crippen LogP) is 0.0353. The number of fused-ring (bicyclic) bond motifs is 5. The molecular weight excluding hydrogens is 450 g/mol. The monoisotopic (exact) mass is 483 g/mol. The van der Waals surface area contributed by atoms with Crippen LogP contribution in [0.2, 0.25) is 0 Å². The third-order valence-corrected chi connectivity index (χ3v) is 6.05. The molecule has 0 spiro atoms. The van der Waals surface area contributed by atoms with Crippen LogP contribution >= 0.6 is 0 Å². The molecule has 4 bridgehead atoms. The van der Waals surface area contributed by atoms with Crippen molar-refractivity contribution in [3.05, 3.63) is 47.5 Å². The standard InChI is InChI=1S/C25H33N5O5/c1-2-19-25(35)30-20(24(34)28-9-3-8-26)13-17-11-15(5-7-22(17)32)14-4-6-21(31)16(10-14)12-18(27)23(33)29-19/h4-7,10-11,18-20,31-32H,2-3,8-9,12-13,26-27H2,1H3,(H,28,34)(H,29,33)(H,30,35)/t18?,19-,20?/m0/s1. The van der Waals surface area contributed by atoms with E-state index in [1.807, 2.05) is 0 Å². The van der Waals surface area contributed by atoms with Crippen LogP contribution in [-0.2, 0) is 27.2 Å². The fourth-order valence-corrected chi connectivity index (χ4v) is 3.96. The van der Waals surface area contributed by atoms with Gasteiger partial charge in [0.1, 0.15) is 23.6 Å². The van der Waals surface area contributed by atoms with Gasteiger partial charge in [0.25, 0.3) is 0 Å². The van der Waals surface area contributed by atoms with Crippen LogP contribution in [0.15, 0.2) is 36.4 Å². The number of phenols is 2. The Labute approximate surface area is 204 Å². The van der Waals surface area contributed by atoms with E-state index in [0.717, 1.165) is 11.1 Å². The van der Waals surface area contributed by atoms with Gasteiger partial charge in [0.05, 0.1) is 6.04 Å². The van der Waals surface area contributed by atoms with E-state index in [1.54, 1.807) is 31.2 Å². The van der Waals surface area contributed by atoms with Crippen LogP contribution in [0.4, 0.5) is 0 Å². The molecule has 3 rings (SSSR count). The highest BCUT2D eigenvalue weighted by Crippen LogP contribution is 2.30. The molecule has 0 aromatic heterocycles. The largest absolute Gasteiger partial charge is 0.508 e. The average Bonchev–Trinajstić information content (AvgIpc) is 2.84. The van der Waals surface area contributed by atoms with E-state index in [-0.39, 0.29) is 30.8 Å². The minimum absolute atomic E-state index is 0.000632. The number of benzene rings is 2. The van der Waals surface area contributed by atoms with Crippen LogP contribution in [0.5, 0.6) is 11.5 Å². The maximum atomic E-state index is 13.0. The number of hydrogen-bond acceptors (Lipinski definition) is 7. The van der Waals surface area contributed by atoms with Gasteiger partial charge in [0.2, 0.25) is 17.7 Å². The van der Waals surface area contributed by atoms with Crippen molar-refractivity contribution in [1.82, 2.24) is 16.0 Å². The van der Waals surface area contributed by atoms with Crippen LogP contribution in [0.1, 0.15) is 30.9 Å². The number of nitrogens with two attached hydrogens (primary N) is 2. The Morgan fingerprint density at radius 1 is 1.00 bits per heavy atom. The lowest BCUT2D eigenvalue weighted by Crippen LogP contribution is -2.56. The highest BCUT2D eigenvalue weighted by atomic mass is 16.3. The van der Waals surface area contributed by atoms with E-state index in [2.05, 4.69) is 16.0 Å². The van der Waals surface area contributed by atoms with Crippen molar-refractivity contribution in [2.24, 2.45) is 11.5 Å². The van der Waals surface area contributed by atoms with E-state index < -0.39 is 35.8 Å². The molecule has 3 amide bonds. The van der Waals surface area contributed by atoms with E-state index in [9.17, 15) is 24.6 Å². The van der Waals surface area contributed by atoms with Crippen LogP contribution in [-0.4, -0.2) is 59.1 Å². The topological polar surface area (TPSA) is 180 Å². The summed E-state index contributed by atoms with van der Waals surface area (Å²) in [5.41, 5.74) is 14.0. The summed E-state index contributed by atoms with van der Waals surface area (Å²) in [6.07, 6.45) is 0.921. The summed E-state index contributed by atoms with van der Waals surface area (Å²) in [5.74, 6) is -1.53. The molecule has 2 unspecified atom stereocenters. The van der Waals surface area contributed by atoms with Gasteiger partial charge in [0.15, 0.2) is 0 Å². The molecule has 35 heavy (non-hydrogen) atoms. The zero-order chi connectivity index (χ0) is 25.5. The summed E-state index contributed by atoms with van der Waals surface area (Å²) in [5, 5.41) is 28.9. The van der Waals surface area contributed by atoms with Crippen LogP contribution in [0.3, 0.4) is 0 Å². The molecule has 0 radical (unpaired) electrons. The molecule has 188 valence electrons. The first-order valence-electron chi connectivity index (χ1n) is 11.7. The Morgan fingerprint density at radius 2 is 1.60 bits per heavy atom. The van der Waals surface area contributed by atoms with Gasteiger partial charge in [-0.2, -0.15) is 0 Å². The summed E-state index contributed by atoms with van der Waals surface area (Å²) >= 11 is 0. The fourth-order valence-electron chi connectivity index (χ4n) is 3.96. The molecule has 3 atom stereocenters. The van der Waals surface area contributed by atoms with E-state index in [1.165, 1.54) is 12.1 Å². The first kappa shape index (κ1) is 26.0. The van der Waals surface area contributed by atoms with E-state index in [0.29, 0.717) is 30.6 Å². The summed E-state index contributed by atoms with van der Waals surface area (Å²) < 4.78 is 0. The van der Waals surface area contributed by atoms with Gasteiger partial charge in [0, 0.05) is 19.4 Å². The molecular formula is C25H33N5O5. The van der Waals surface area contributed by atoms with Crippen LogP contribution < -0.4 is 27.4 Å². The lowest BCUT2D eigenvalue weighted by molar-refractivity contribution is -0.132. The Morgan fingerprint density at radius 3 is 2.17 bits per heavy atom. The van der Waals surface area contributed by atoms with Gasteiger partial charge in [-0.05, 0) is 65.9 Å². The van der Waals surface area contributed by atoms with Gasteiger partial charge in [-0.15, -0.1) is 0 Å². The molecule has 10 nitrogen and oxygen atoms in total. The van der Waals surface area contributed by atoms with Crippen molar-refractivity contribution in [3.8, 4) is 22.6 Å². The number of nitrogens with one attached hydrogen (secondary N) is 3. The second-order valence-electron chi connectivity index (χ2n) is 8.67. The number of amides is 3. The van der Waals surface area contributed by atoms with Crippen molar-refractivity contribution in [2.75, 3.05) is 13.1 Å². The van der Waals surface area contributed by atoms with Gasteiger partial charge in [-0.1, -0.05) is 19.1 Å². The maximum absolute atomic E-state index is 13.0. The van der Waals surface area contributed by atoms with Crippen LogP contribution in [0, 0.1) is 0 Å². The zero-order valence-electron chi connectivity index (χ0n) is 19.7. The number of rotatable bonds is 5. The molecule has 0 fully saturated rings. The van der Waals surface area contributed by atoms with Gasteiger partial charge >= 0.3 is 0 Å². The summed E-state index contributed by atoms with van der Waals surface area (Å²) in [4.78, 5) is 38.7. The first-order chi connectivity index (χ1) is 16.7. The molecule has 0 aliphatic carbocycles. The minimum Gasteiger partial charge on any atom is -0.508 e. The molecule has 2 aromatic rings. The number of hydrogen-bond donors (Lipinski definition) is 7. The van der Waals surface area contributed by atoms with Gasteiger partial charge < -0.3 is 37.6 Å². The predicted molar refractivity (Wildman–Crippen MR) is 131 cm³/mol. The highest BCUT2D eigenvalue weighted by Gasteiger charge is 2.28. The lowest BCUT2D eigenvalue weighted by Gasteiger charge is -2.24. The van der Waals surface area contributed by atoms with Crippen LogP contribution in [0.25, 0.3) is 11.1 Å². The minimum atomic E-state index is -1.01. The van der Waals surface area contributed by atoms with E-state index in [4.69, 9.17) is 11.5 Å². The number of aromatic hydroxyl groups is 2. The Hall–Kier alpha value is -3.63. The number of carbonyl (C=O) groups is 3. The summed E-state index contributed by atoms with van der Waals surface area (Å²) in [6, 6.07) is 7.01. The normalized spacial score (nSPS) is 20.7. The molecule has 1 heterocycles. The van der Waals surface area contributed by atoms with Gasteiger partial charge in [-0.3, -0.25) is 14.4 Å². The SMILES string of the molecule is CC[C@@H]1NC(=O)C(N)Cc2cc(ccc2O)-c2ccc(O)c(c2)CC(C(=O)NCCCN)NC1=O. The average molecular weight is 484 g/mol. The molecule has 1 aliphatic heterocycles. The zero-order valence-corrected chi connectivity index (χ0v) is 19.7. The molecule has 1 aliphatic rings. The molecule has 0 saturated heterocycles. The Kier molecular flexibility index (Phi) is 8.67. The number of carbonyl (C=O) groups excluding carboxylic acids is 3. The van der Waals surface area contributed by atoms with E-state index >= 15 is 0 Å². The second kappa shape index (κ2) is 11.7. The highest BCUT2D eigenvalue weighted by molar-refractivity contribution is 5.93. The van der Waals surface area contributed by atoms with Crippen molar-refractivity contribution in [2.45, 2.75) is 50.7 Å². The van der Waals surface area contributed by atoms with Crippen molar-refractivity contribution < 1.29 is 24.6 Å². The maximum Gasteiger partial charge on any atom is 0.243 e. The summed E-state index contributed by atoms with van der Waals surface area (Å²) in [6.45, 7) is 2.47. The Balaban J connectivity index is 2.06. The summed E-state index contributed by atoms with van der Waals surface area (Å²) in [7, 11) is 0. The van der Waals surface area contributed by atoms with Gasteiger partial charge in [-0.25, -0.2) is 0 Å². The number of phenolic OH excluding ortho intramolecular Hbond substituents is 2. The lowest BCUT2D eigenvalue weighted by atomic mass is 9.95. The second-order valence-corrected chi connectivity index (χ2v) is 8.67. The third-order valence-electron chi connectivity index (χ3n) is 6.05.